The van der Waals surface area contributed by atoms with Gasteiger partial charge in [0, 0.05) is 11.8 Å². The summed E-state index contributed by atoms with van der Waals surface area (Å²) in [6, 6.07) is 0. The second-order valence-corrected chi connectivity index (χ2v) is 4.00. The highest BCUT2D eigenvalue weighted by Gasteiger charge is 2.29. The standard InChI is InChI=1S/C9H18OS/c1-3-4-8(11)9-7(2)5-6-10-9/h7-9,11H,3-6H2,1-2H3/t7-,8+,9-/m0/s1/i6T/t6-,7+,8-,9+/m1. The molecule has 11 heavy (non-hydrogen) atoms. The van der Waals surface area contributed by atoms with Crippen LogP contribution in [0, 0.1) is 5.92 Å². The molecule has 0 spiro atoms. The molecule has 2 heteroatoms. The van der Waals surface area contributed by atoms with Gasteiger partial charge in [0.15, 0.2) is 0 Å². The number of hydrogen-bond donors (Lipinski definition) is 1. The molecule has 1 nitrogen and oxygen atoms in total. The van der Waals surface area contributed by atoms with Gasteiger partial charge in [-0.25, -0.2) is 0 Å². The quantitative estimate of drug-likeness (QED) is 0.650. The van der Waals surface area contributed by atoms with E-state index in [9.17, 15) is 0 Å². The molecule has 0 aromatic rings. The SMILES string of the molecule is [3H][C@@H]1C[C@H](C)[C@@H]([C@H](S)CCC)O1. The van der Waals surface area contributed by atoms with Gasteiger partial charge >= 0.3 is 0 Å². The van der Waals surface area contributed by atoms with Crippen molar-refractivity contribution in [2.75, 3.05) is 6.58 Å². The fraction of sp³-hybridized carbons (Fsp3) is 1.00. The maximum Gasteiger partial charge on any atom is 0.0717 e. The molecule has 4 atom stereocenters. The smallest absolute Gasteiger partial charge is 0.0717 e. The van der Waals surface area contributed by atoms with Crippen molar-refractivity contribution in [2.45, 2.75) is 44.5 Å². The summed E-state index contributed by atoms with van der Waals surface area (Å²) in [5, 5.41) is 0.320. The zero-order valence-electron chi connectivity index (χ0n) is 8.29. The van der Waals surface area contributed by atoms with Crippen LogP contribution in [0.25, 0.3) is 0 Å². The van der Waals surface area contributed by atoms with Crippen LogP contribution in [0.3, 0.4) is 0 Å². The first-order chi connectivity index (χ1) is 5.65. The average molecular weight is 176 g/mol. The van der Waals surface area contributed by atoms with E-state index in [2.05, 4.69) is 26.5 Å². The van der Waals surface area contributed by atoms with Crippen LogP contribution >= 0.6 is 12.6 Å². The number of hydrogen-bond acceptors (Lipinski definition) is 2. The molecule has 0 aromatic carbocycles. The normalized spacial score (nSPS) is 42.1. The van der Waals surface area contributed by atoms with E-state index in [0.29, 0.717) is 11.2 Å². The Morgan fingerprint density at radius 2 is 2.55 bits per heavy atom. The molecule has 66 valence electrons. The highest BCUT2D eigenvalue weighted by molar-refractivity contribution is 7.81. The van der Waals surface area contributed by atoms with Crippen LogP contribution in [0.4, 0.5) is 0 Å². The van der Waals surface area contributed by atoms with Crippen molar-refractivity contribution in [1.82, 2.24) is 0 Å². The molecular weight excluding hydrogens is 156 g/mol. The summed E-state index contributed by atoms with van der Waals surface area (Å²) in [5.74, 6) is 0.501. The number of thiol groups is 1. The molecule has 1 saturated heterocycles. The molecule has 0 unspecified atom stereocenters. The minimum Gasteiger partial charge on any atom is -0.377 e. The zero-order valence-corrected chi connectivity index (χ0v) is 8.18. The van der Waals surface area contributed by atoms with Gasteiger partial charge in [-0.2, -0.15) is 12.6 Å². The van der Waals surface area contributed by atoms with Gasteiger partial charge in [-0.05, 0) is 18.8 Å². The Hall–Kier alpha value is 0.310. The van der Waals surface area contributed by atoms with Crippen LogP contribution in [-0.4, -0.2) is 17.9 Å². The Morgan fingerprint density at radius 3 is 3.00 bits per heavy atom. The van der Waals surface area contributed by atoms with E-state index >= 15 is 0 Å². The third-order valence-corrected chi connectivity index (χ3v) is 2.80. The highest BCUT2D eigenvalue weighted by atomic mass is 32.1. The first-order valence-corrected chi connectivity index (χ1v) is 4.92. The second kappa shape index (κ2) is 4.36. The fourth-order valence-corrected chi connectivity index (χ4v) is 2.14. The maximum absolute atomic E-state index is 7.46. The van der Waals surface area contributed by atoms with Gasteiger partial charge in [-0.15, -0.1) is 0 Å². The molecule has 0 aromatic heterocycles. The summed E-state index contributed by atoms with van der Waals surface area (Å²) in [6.07, 6.45) is 3.30. The van der Waals surface area contributed by atoms with Crippen molar-refractivity contribution in [1.29, 1.82) is 0 Å². The van der Waals surface area contributed by atoms with E-state index in [1.807, 2.05) is 0 Å². The molecule has 0 aliphatic carbocycles. The summed E-state index contributed by atoms with van der Waals surface area (Å²) in [5.41, 5.74) is 0. The maximum atomic E-state index is 7.46. The molecule has 1 aliphatic rings. The van der Waals surface area contributed by atoms with Gasteiger partial charge in [0.1, 0.15) is 0 Å². The summed E-state index contributed by atoms with van der Waals surface area (Å²) in [4.78, 5) is 0. The minimum absolute atomic E-state index is 0.204. The van der Waals surface area contributed by atoms with Crippen LogP contribution in [0.2, 0.25) is 0 Å². The van der Waals surface area contributed by atoms with Crippen molar-refractivity contribution in [3.8, 4) is 0 Å². The first kappa shape index (κ1) is 7.93. The Bertz CT molecular complexity index is 142. The van der Waals surface area contributed by atoms with Gasteiger partial charge in [-0.3, -0.25) is 0 Å². The van der Waals surface area contributed by atoms with E-state index in [4.69, 9.17) is 6.11 Å². The molecule has 1 fully saturated rings. The predicted octanol–water partition coefficient (Wildman–Crippen LogP) is 2.51. The summed E-state index contributed by atoms with van der Waals surface area (Å²) >= 11 is 4.50. The lowest BCUT2D eigenvalue weighted by Crippen LogP contribution is -2.25. The molecule has 0 saturated carbocycles. The van der Waals surface area contributed by atoms with Crippen molar-refractivity contribution >= 4 is 12.6 Å². The van der Waals surface area contributed by atoms with Crippen LogP contribution in [0.15, 0.2) is 0 Å². The van der Waals surface area contributed by atoms with Gasteiger partial charge < -0.3 is 4.74 Å². The molecular formula is C9H18OS. The summed E-state index contributed by atoms with van der Waals surface area (Å²) in [6.45, 7) is 4.00. The van der Waals surface area contributed by atoms with E-state index in [0.717, 1.165) is 19.3 Å². The lowest BCUT2D eigenvalue weighted by molar-refractivity contribution is 0.0904. The van der Waals surface area contributed by atoms with Crippen LogP contribution in [-0.2, 0) is 4.74 Å². The fourth-order valence-electron chi connectivity index (χ4n) is 1.52. The topological polar surface area (TPSA) is 9.23 Å². The monoisotopic (exact) mass is 176 g/mol. The summed E-state index contributed by atoms with van der Waals surface area (Å²) < 4.78 is 12.9. The molecule has 1 heterocycles. The van der Waals surface area contributed by atoms with E-state index < -0.39 is 0 Å². The van der Waals surface area contributed by atoms with Gasteiger partial charge in [-0.1, -0.05) is 20.3 Å². The van der Waals surface area contributed by atoms with Gasteiger partial charge in [0.05, 0.1) is 7.47 Å². The first-order valence-electron chi connectivity index (χ1n) is 4.98. The molecule has 0 amide bonds. The van der Waals surface area contributed by atoms with Crippen LogP contribution < -0.4 is 0 Å². The Kier molecular flexibility index (Phi) is 3.15. The molecule has 0 radical (unpaired) electrons. The van der Waals surface area contributed by atoms with Crippen LogP contribution in [0.5, 0.6) is 0 Å². The molecule has 0 N–H and O–H groups in total. The predicted molar refractivity (Wildman–Crippen MR) is 51.2 cm³/mol. The lowest BCUT2D eigenvalue weighted by Gasteiger charge is -2.20. The largest absolute Gasteiger partial charge is 0.377 e. The van der Waals surface area contributed by atoms with Gasteiger partial charge in [0.2, 0.25) is 0 Å². The van der Waals surface area contributed by atoms with E-state index in [1.54, 1.807) is 0 Å². The number of ether oxygens (including phenoxy) is 1. The molecule has 1 rings (SSSR count). The highest BCUT2D eigenvalue weighted by Crippen LogP contribution is 2.27. The minimum atomic E-state index is -0.309. The van der Waals surface area contributed by atoms with Gasteiger partial charge in [0.25, 0.3) is 0 Å². The molecule has 0 bridgehead atoms. The third-order valence-electron chi connectivity index (χ3n) is 2.25. The Morgan fingerprint density at radius 1 is 1.82 bits per heavy atom. The van der Waals surface area contributed by atoms with E-state index in [-0.39, 0.29) is 12.7 Å². The van der Waals surface area contributed by atoms with Crippen molar-refractivity contribution < 1.29 is 6.11 Å². The average Bonchev–Trinajstić information content (AvgIpc) is 2.30. The van der Waals surface area contributed by atoms with Crippen molar-refractivity contribution in [2.24, 2.45) is 5.92 Å². The van der Waals surface area contributed by atoms with E-state index in [1.165, 1.54) is 0 Å². The molecule has 1 aliphatic heterocycles. The van der Waals surface area contributed by atoms with Crippen molar-refractivity contribution in [3.05, 3.63) is 0 Å². The third kappa shape index (κ3) is 2.38. The Labute approximate surface area is 76.3 Å². The summed E-state index contributed by atoms with van der Waals surface area (Å²) in [7, 11) is 0. The number of rotatable bonds is 3. The second-order valence-electron chi connectivity index (χ2n) is 3.34. The Balaban J connectivity index is 2.40. The lowest BCUT2D eigenvalue weighted by atomic mass is 9.99. The van der Waals surface area contributed by atoms with Crippen molar-refractivity contribution in [3.63, 3.8) is 0 Å². The van der Waals surface area contributed by atoms with Crippen LogP contribution in [0.1, 0.15) is 34.5 Å². The zero-order chi connectivity index (χ0) is 9.14.